The van der Waals surface area contributed by atoms with Crippen molar-refractivity contribution < 1.29 is 13.7 Å². The van der Waals surface area contributed by atoms with Crippen LogP contribution in [0.2, 0.25) is 0 Å². The zero-order valence-electron chi connectivity index (χ0n) is 9.25. The van der Waals surface area contributed by atoms with Crippen LogP contribution >= 0.6 is 15.9 Å². The molecule has 1 aromatic carbocycles. The van der Waals surface area contributed by atoms with Crippen LogP contribution < -0.4 is 10.5 Å². The number of anilines is 1. The number of ether oxygens (including phenoxy) is 1. The van der Waals surface area contributed by atoms with Gasteiger partial charge in [0.15, 0.2) is 0 Å². The third-order valence-corrected chi connectivity index (χ3v) is 3.20. The third kappa shape index (κ3) is 1.88. The number of rotatable bonds is 2. The van der Waals surface area contributed by atoms with E-state index in [4.69, 9.17) is 15.0 Å². The van der Waals surface area contributed by atoms with Gasteiger partial charge in [-0.3, -0.25) is 0 Å². The molecule has 6 heteroatoms. The van der Waals surface area contributed by atoms with Crippen LogP contribution in [0.1, 0.15) is 5.56 Å². The summed E-state index contributed by atoms with van der Waals surface area (Å²) < 4.78 is 24.0. The predicted octanol–water partition coefficient (Wildman–Crippen LogP) is 3.14. The number of halogens is 2. The summed E-state index contributed by atoms with van der Waals surface area (Å²) in [5.41, 5.74) is 7.31. The zero-order chi connectivity index (χ0) is 12.6. The van der Waals surface area contributed by atoms with E-state index in [0.717, 1.165) is 0 Å². The molecule has 2 aromatic rings. The first kappa shape index (κ1) is 11.9. The maximum atomic E-state index is 13.7. The molecule has 17 heavy (non-hydrogen) atoms. The number of hydrogen-bond acceptors (Lipinski definition) is 4. The summed E-state index contributed by atoms with van der Waals surface area (Å²) >= 11 is 3.18. The smallest absolute Gasteiger partial charge is 0.230 e. The van der Waals surface area contributed by atoms with Gasteiger partial charge in [0.25, 0.3) is 0 Å². The van der Waals surface area contributed by atoms with E-state index >= 15 is 0 Å². The molecule has 0 saturated carbocycles. The molecule has 90 valence electrons. The van der Waals surface area contributed by atoms with E-state index in [2.05, 4.69) is 21.1 Å². The lowest BCUT2D eigenvalue weighted by atomic mass is 10.0. The Hall–Kier alpha value is -1.56. The Morgan fingerprint density at radius 2 is 2.24 bits per heavy atom. The molecule has 4 nitrogen and oxygen atoms in total. The van der Waals surface area contributed by atoms with E-state index in [1.54, 1.807) is 6.92 Å². The summed E-state index contributed by atoms with van der Waals surface area (Å²) in [4.78, 5) is 0. The molecule has 2 N–H and O–H groups in total. The first-order chi connectivity index (χ1) is 8.06. The van der Waals surface area contributed by atoms with E-state index in [1.807, 2.05) is 0 Å². The van der Waals surface area contributed by atoms with Gasteiger partial charge < -0.3 is 15.0 Å². The van der Waals surface area contributed by atoms with Gasteiger partial charge in [0.2, 0.25) is 5.88 Å². The molecule has 0 saturated heterocycles. The second-order valence-electron chi connectivity index (χ2n) is 3.50. The molecular weight excluding hydrogens is 291 g/mol. The molecule has 0 fully saturated rings. The lowest BCUT2D eigenvalue weighted by Gasteiger charge is -2.13. The number of nitrogens with two attached hydrogens (primary N) is 1. The highest BCUT2D eigenvalue weighted by molar-refractivity contribution is 9.10. The second kappa shape index (κ2) is 4.37. The van der Waals surface area contributed by atoms with Crippen LogP contribution in [0.3, 0.4) is 0 Å². The van der Waals surface area contributed by atoms with Crippen LogP contribution in [0.25, 0.3) is 11.1 Å². The number of nitrogens with zero attached hydrogens (tertiary/aromatic N) is 1. The molecule has 0 aliphatic heterocycles. The molecule has 0 aliphatic rings. The normalized spacial score (nSPS) is 10.6. The summed E-state index contributed by atoms with van der Waals surface area (Å²) in [6, 6.07) is 1.39. The van der Waals surface area contributed by atoms with Gasteiger partial charge in [0, 0.05) is 5.56 Å². The van der Waals surface area contributed by atoms with Gasteiger partial charge in [-0.25, -0.2) is 4.39 Å². The van der Waals surface area contributed by atoms with Crippen molar-refractivity contribution in [1.29, 1.82) is 0 Å². The van der Waals surface area contributed by atoms with Gasteiger partial charge in [-0.15, -0.1) is 0 Å². The molecule has 1 heterocycles. The fourth-order valence-electron chi connectivity index (χ4n) is 1.68. The number of aryl methyl sites for hydroxylation is 1. The minimum absolute atomic E-state index is 0.119. The Morgan fingerprint density at radius 3 is 2.76 bits per heavy atom. The van der Waals surface area contributed by atoms with Crippen LogP contribution in [-0.4, -0.2) is 12.3 Å². The van der Waals surface area contributed by atoms with Crippen LogP contribution in [0.15, 0.2) is 21.3 Å². The predicted molar refractivity (Wildman–Crippen MR) is 65.3 cm³/mol. The topological polar surface area (TPSA) is 61.3 Å². The van der Waals surface area contributed by atoms with E-state index < -0.39 is 0 Å². The van der Waals surface area contributed by atoms with Crippen molar-refractivity contribution in [3.63, 3.8) is 0 Å². The summed E-state index contributed by atoms with van der Waals surface area (Å²) in [6.07, 6.45) is 1.43. The Morgan fingerprint density at radius 1 is 1.53 bits per heavy atom. The molecule has 0 amide bonds. The third-order valence-electron chi connectivity index (χ3n) is 2.43. The van der Waals surface area contributed by atoms with Crippen LogP contribution in [0.5, 0.6) is 5.75 Å². The minimum Gasteiger partial charge on any atom is -0.496 e. The first-order valence-corrected chi connectivity index (χ1v) is 5.58. The Bertz CT molecular complexity index is 569. The van der Waals surface area contributed by atoms with Gasteiger partial charge in [-0.2, -0.15) is 0 Å². The van der Waals surface area contributed by atoms with Crippen molar-refractivity contribution in [3.8, 4) is 16.9 Å². The van der Waals surface area contributed by atoms with E-state index in [-0.39, 0.29) is 16.2 Å². The average Bonchev–Trinajstić information content (AvgIpc) is 2.69. The summed E-state index contributed by atoms with van der Waals surface area (Å²) in [6.45, 7) is 1.75. The number of nitrogen functional groups attached to an aromatic ring is 1. The molecule has 0 aliphatic carbocycles. The first-order valence-electron chi connectivity index (χ1n) is 4.79. The number of benzene rings is 1. The summed E-state index contributed by atoms with van der Waals surface area (Å²) in [5.74, 6) is 0.265. The highest BCUT2D eigenvalue weighted by Gasteiger charge is 2.20. The highest BCUT2D eigenvalue weighted by atomic mass is 79.9. The summed E-state index contributed by atoms with van der Waals surface area (Å²) in [5, 5.41) is 3.58. The quantitative estimate of drug-likeness (QED) is 0.925. The Kier molecular flexibility index (Phi) is 3.06. The number of hydrogen-bond donors (Lipinski definition) is 1. The monoisotopic (exact) mass is 300 g/mol. The Balaban J connectivity index is 2.80. The average molecular weight is 301 g/mol. The minimum atomic E-state index is -0.390. The fraction of sp³-hybridized carbons (Fsp3) is 0.182. The molecule has 0 bridgehead atoms. The molecule has 1 aromatic heterocycles. The van der Waals surface area contributed by atoms with E-state index in [0.29, 0.717) is 22.4 Å². The molecule has 0 atom stereocenters. The number of aromatic nitrogens is 1. The maximum Gasteiger partial charge on any atom is 0.230 e. The molecule has 0 unspecified atom stereocenters. The zero-order valence-corrected chi connectivity index (χ0v) is 10.8. The van der Waals surface area contributed by atoms with Crippen molar-refractivity contribution in [2.24, 2.45) is 0 Å². The van der Waals surface area contributed by atoms with Gasteiger partial charge in [0.1, 0.15) is 11.6 Å². The molecule has 2 rings (SSSR count). The maximum absolute atomic E-state index is 13.7. The van der Waals surface area contributed by atoms with Crippen LogP contribution in [-0.2, 0) is 0 Å². The molecule has 0 spiro atoms. The lowest BCUT2D eigenvalue weighted by Crippen LogP contribution is -1.96. The highest BCUT2D eigenvalue weighted by Crippen LogP contribution is 2.42. The lowest BCUT2D eigenvalue weighted by molar-refractivity contribution is 0.411. The number of methoxy groups -OCH3 is 1. The van der Waals surface area contributed by atoms with E-state index in [1.165, 1.54) is 19.4 Å². The largest absolute Gasteiger partial charge is 0.496 e. The van der Waals surface area contributed by atoms with Crippen molar-refractivity contribution in [3.05, 3.63) is 28.1 Å². The van der Waals surface area contributed by atoms with Crippen LogP contribution in [0.4, 0.5) is 10.3 Å². The van der Waals surface area contributed by atoms with E-state index in [9.17, 15) is 4.39 Å². The van der Waals surface area contributed by atoms with Crippen molar-refractivity contribution in [2.75, 3.05) is 12.8 Å². The molecular formula is C11H10BrFN2O2. The van der Waals surface area contributed by atoms with Crippen LogP contribution in [0, 0.1) is 12.7 Å². The van der Waals surface area contributed by atoms with Gasteiger partial charge >= 0.3 is 0 Å². The van der Waals surface area contributed by atoms with Crippen molar-refractivity contribution >= 4 is 21.8 Å². The SMILES string of the molecule is COc1c(C)cc(F)c(Br)c1-c1cnoc1N. The fourth-order valence-corrected chi connectivity index (χ4v) is 2.18. The molecule has 0 radical (unpaired) electrons. The van der Waals surface area contributed by atoms with Gasteiger partial charge in [-0.1, -0.05) is 5.16 Å². The standard InChI is InChI=1S/C11H10BrFN2O2/c1-5-3-7(13)9(12)8(10(5)16-2)6-4-15-17-11(6)14/h3-4H,14H2,1-2H3. The van der Waals surface area contributed by atoms with Gasteiger partial charge in [0.05, 0.1) is 23.3 Å². The second-order valence-corrected chi connectivity index (χ2v) is 4.29. The van der Waals surface area contributed by atoms with Gasteiger partial charge in [-0.05, 0) is 34.5 Å². The van der Waals surface area contributed by atoms with Crippen molar-refractivity contribution in [2.45, 2.75) is 6.92 Å². The summed E-state index contributed by atoms with van der Waals surface area (Å²) in [7, 11) is 1.51. The Labute approximate surface area is 106 Å². The van der Waals surface area contributed by atoms with Crippen molar-refractivity contribution in [1.82, 2.24) is 5.16 Å².